The van der Waals surface area contributed by atoms with Crippen molar-refractivity contribution in [2.24, 2.45) is 5.73 Å². The zero-order valence-electron chi connectivity index (χ0n) is 17.9. The maximum absolute atomic E-state index is 12.2. The van der Waals surface area contributed by atoms with Gasteiger partial charge in [0, 0.05) is 17.5 Å². The smallest absolute Gasteiger partial charge is 0.249 e. The molecule has 3 N–H and O–H groups in total. The van der Waals surface area contributed by atoms with Crippen molar-refractivity contribution < 1.29 is 9.90 Å². The molecular formula is C28H24N2O2. The van der Waals surface area contributed by atoms with E-state index in [1.165, 1.54) is 5.56 Å². The van der Waals surface area contributed by atoms with Crippen molar-refractivity contribution in [3.8, 4) is 16.9 Å². The molecule has 32 heavy (non-hydrogen) atoms. The minimum absolute atomic E-state index is 0.176. The van der Waals surface area contributed by atoms with Gasteiger partial charge < -0.3 is 15.4 Å². The summed E-state index contributed by atoms with van der Waals surface area (Å²) >= 11 is 0. The third-order valence-corrected chi connectivity index (χ3v) is 6.08. The van der Waals surface area contributed by atoms with Gasteiger partial charge in [0.15, 0.2) is 0 Å². The molecule has 0 fully saturated rings. The van der Waals surface area contributed by atoms with Crippen LogP contribution in [0.25, 0.3) is 32.9 Å². The monoisotopic (exact) mass is 420 g/mol. The number of aryl methyl sites for hydroxylation is 1. The number of aromatic nitrogens is 1. The number of rotatable bonds is 5. The minimum atomic E-state index is -0.500. The third kappa shape index (κ3) is 3.30. The highest BCUT2D eigenvalue weighted by molar-refractivity contribution is 6.19. The fourth-order valence-electron chi connectivity index (χ4n) is 4.54. The normalized spacial score (nSPS) is 11.3. The molecule has 4 aromatic carbocycles. The standard InChI is InChI=1S/C28H24N2O2/c1-2-18-15-24-27(25(31)16-18)26-22(28(29)32)12-7-13-23(26)30(24)17-19-8-6-11-21(14-19)20-9-4-3-5-10-20/h3-16,31H,2,17H2,1H3,(H2,29,32). The van der Waals surface area contributed by atoms with Gasteiger partial charge in [0.05, 0.1) is 16.4 Å². The fraction of sp³-hybridized carbons (Fsp3) is 0.107. The average molecular weight is 421 g/mol. The number of carbonyl (C=O) groups excluding carboxylic acids is 1. The summed E-state index contributed by atoms with van der Waals surface area (Å²) in [6.07, 6.45) is 0.803. The number of nitrogens with two attached hydrogens (primary N) is 1. The number of phenolic OH excluding ortho intramolecular Hbond substituents is 1. The van der Waals surface area contributed by atoms with Crippen molar-refractivity contribution in [2.75, 3.05) is 0 Å². The summed E-state index contributed by atoms with van der Waals surface area (Å²) in [5.41, 5.74) is 12.4. The fourth-order valence-corrected chi connectivity index (χ4v) is 4.54. The number of amides is 1. The predicted molar refractivity (Wildman–Crippen MR) is 130 cm³/mol. The van der Waals surface area contributed by atoms with Gasteiger partial charge in [-0.3, -0.25) is 4.79 Å². The Balaban J connectivity index is 1.74. The molecule has 0 atom stereocenters. The van der Waals surface area contributed by atoms with Crippen molar-refractivity contribution >= 4 is 27.7 Å². The van der Waals surface area contributed by atoms with E-state index >= 15 is 0 Å². The van der Waals surface area contributed by atoms with Gasteiger partial charge in [-0.05, 0) is 59.0 Å². The number of nitrogens with zero attached hydrogens (tertiary/aromatic N) is 1. The van der Waals surface area contributed by atoms with Crippen LogP contribution in [0.2, 0.25) is 0 Å². The van der Waals surface area contributed by atoms with Crippen LogP contribution in [0.3, 0.4) is 0 Å². The SMILES string of the molecule is CCc1cc(O)c2c3c(C(N)=O)cccc3n(Cc3cccc(-c4ccccc4)c3)c2c1. The van der Waals surface area contributed by atoms with E-state index in [4.69, 9.17) is 5.73 Å². The summed E-state index contributed by atoms with van der Waals surface area (Å²) in [6, 6.07) is 28.2. The first-order chi connectivity index (χ1) is 15.6. The van der Waals surface area contributed by atoms with Crippen LogP contribution in [0.15, 0.2) is 84.9 Å². The Morgan fingerprint density at radius 2 is 1.56 bits per heavy atom. The molecule has 5 aromatic rings. The van der Waals surface area contributed by atoms with Crippen LogP contribution >= 0.6 is 0 Å². The van der Waals surface area contributed by atoms with Gasteiger partial charge in [0.2, 0.25) is 5.91 Å². The molecule has 0 aliphatic carbocycles. The van der Waals surface area contributed by atoms with Crippen molar-refractivity contribution in [3.05, 3.63) is 102 Å². The Kier molecular flexibility index (Phi) is 4.91. The molecule has 0 bridgehead atoms. The molecule has 0 saturated carbocycles. The molecule has 0 spiro atoms. The van der Waals surface area contributed by atoms with E-state index in [2.05, 4.69) is 54.0 Å². The molecular weight excluding hydrogens is 396 g/mol. The number of carbonyl (C=O) groups is 1. The van der Waals surface area contributed by atoms with Gasteiger partial charge in [0.1, 0.15) is 5.75 Å². The molecule has 0 unspecified atom stereocenters. The second-order valence-electron chi connectivity index (χ2n) is 8.08. The van der Waals surface area contributed by atoms with Crippen molar-refractivity contribution in [3.63, 3.8) is 0 Å². The predicted octanol–water partition coefficient (Wildman–Crippen LogP) is 5.88. The van der Waals surface area contributed by atoms with E-state index in [-0.39, 0.29) is 5.75 Å². The Morgan fingerprint density at radius 1 is 0.812 bits per heavy atom. The first-order valence-electron chi connectivity index (χ1n) is 10.8. The van der Waals surface area contributed by atoms with Crippen LogP contribution in [0.1, 0.15) is 28.4 Å². The third-order valence-electron chi connectivity index (χ3n) is 6.08. The maximum atomic E-state index is 12.2. The van der Waals surface area contributed by atoms with E-state index in [0.717, 1.165) is 34.1 Å². The molecule has 4 nitrogen and oxygen atoms in total. The Morgan fingerprint density at radius 3 is 2.31 bits per heavy atom. The number of fused-ring (bicyclic) bond motifs is 3. The van der Waals surface area contributed by atoms with Gasteiger partial charge in [-0.25, -0.2) is 0 Å². The van der Waals surface area contributed by atoms with Crippen LogP contribution in [0.5, 0.6) is 5.75 Å². The molecule has 0 saturated heterocycles. The molecule has 0 aliphatic heterocycles. The highest BCUT2D eigenvalue weighted by Gasteiger charge is 2.20. The van der Waals surface area contributed by atoms with E-state index < -0.39 is 5.91 Å². The van der Waals surface area contributed by atoms with Gasteiger partial charge in [0.25, 0.3) is 0 Å². The van der Waals surface area contributed by atoms with Crippen LogP contribution in [0.4, 0.5) is 0 Å². The molecule has 0 radical (unpaired) electrons. The van der Waals surface area contributed by atoms with Crippen molar-refractivity contribution in [2.45, 2.75) is 19.9 Å². The molecule has 0 aliphatic rings. The summed E-state index contributed by atoms with van der Waals surface area (Å²) in [5, 5.41) is 12.3. The van der Waals surface area contributed by atoms with Crippen LogP contribution in [0, 0.1) is 0 Å². The second kappa shape index (κ2) is 7.89. The Labute approximate surface area is 186 Å². The number of aromatic hydroxyl groups is 1. The lowest BCUT2D eigenvalue weighted by Gasteiger charge is -2.11. The van der Waals surface area contributed by atoms with E-state index in [9.17, 15) is 9.90 Å². The summed E-state index contributed by atoms with van der Waals surface area (Å²) in [5.74, 6) is -0.325. The first-order valence-corrected chi connectivity index (χ1v) is 10.8. The molecule has 1 amide bonds. The van der Waals surface area contributed by atoms with Gasteiger partial charge in [-0.2, -0.15) is 0 Å². The Hall–Kier alpha value is -4.05. The number of phenols is 1. The lowest BCUT2D eigenvalue weighted by Crippen LogP contribution is -2.11. The number of benzene rings is 4. The first kappa shape index (κ1) is 19.9. The van der Waals surface area contributed by atoms with E-state index in [1.807, 2.05) is 30.3 Å². The molecule has 4 heteroatoms. The summed E-state index contributed by atoms with van der Waals surface area (Å²) in [7, 11) is 0. The highest BCUT2D eigenvalue weighted by Crippen LogP contribution is 2.38. The lowest BCUT2D eigenvalue weighted by molar-refractivity contribution is 0.100. The summed E-state index contributed by atoms with van der Waals surface area (Å²) < 4.78 is 2.17. The second-order valence-corrected chi connectivity index (χ2v) is 8.08. The average Bonchev–Trinajstić information content (AvgIpc) is 3.13. The number of hydrogen-bond donors (Lipinski definition) is 2. The maximum Gasteiger partial charge on any atom is 0.249 e. The molecule has 5 rings (SSSR count). The number of primary amides is 1. The van der Waals surface area contributed by atoms with Gasteiger partial charge in [-0.1, -0.05) is 61.5 Å². The molecule has 158 valence electrons. The molecule has 1 aromatic heterocycles. The minimum Gasteiger partial charge on any atom is -0.507 e. The van der Waals surface area contributed by atoms with Gasteiger partial charge in [-0.15, -0.1) is 0 Å². The van der Waals surface area contributed by atoms with Gasteiger partial charge >= 0.3 is 0 Å². The van der Waals surface area contributed by atoms with Crippen molar-refractivity contribution in [1.29, 1.82) is 0 Å². The van der Waals surface area contributed by atoms with Crippen LogP contribution < -0.4 is 5.73 Å². The lowest BCUT2D eigenvalue weighted by atomic mass is 10.0. The van der Waals surface area contributed by atoms with E-state index in [1.54, 1.807) is 12.1 Å². The zero-order chi connectivity index (χ0) is 22.2. The highest BCUT2D eigenvalue weighted by atomic mass is 16.3. The van der Waals surface area contributed by atoms with Crippen LogP contribution in [-0.4, -0.2) is 15.6 Å². The topological polar surface area (TPSA) is 68.2 Å². The Bertz CT molecular complexity index is 1470. The van der Waals surface area contributed by atoms with Crippen LogP contribution in [-0.2, 0) is 13.0 Å². The quantitative estimate of drug-likeness (QED) is 0.373. The molecule has 1 heterocycles. The van der Waals surface area contributed by atoms with E-state index in [0.29, 0.717) is 22.9 Å². The summed E-state index contributed by atoms with van der Waals surface area (Å²) in [6.45, 7) is 2.67. The number of hydrogen-bond acceptors (Lipinski definition) is 2. The largest absolute Gasteiger partial charge is 0.507 e. The zero-order valence-corrected chi connectivity index (χ0v) is 17.9. The van der Waals surface area contributed by atoms with Crippen molar-refractivity contribution in [1.82, 2.24) is 4.57 Å². The summed E-state index contributed by atoms with van der Waals surface area (Å²) in [4.78, 5) is 12.2.